The Morgan fingerprint density at radius 3 is 2.73 bits per heavy atom. The Balaban J connectivity index is 1.49. The van der Waals surface area contributed by atoms with E-state index in [2.05, 4.69) is 71.2 Å². The van der Waals surface area contributed by atoms with Crippen LogP contribution in [0.15, 0.2) is 59.1 Å². The van der Waals surface area contributed by atoms with Gasteiger partial charge in [-0.05, 0) is 43.2 Å². The van der Waals surface area contributed by atoms with E-state index in [-0.39, 0.29) is 11.9 Å². The molecule has 0 saturated heterocycles. The van der Waals surface area contributed by atoms with Gasteiger partial charge in [-0.25, -0.2) is 0 Å². The number of amides is 1. The number of carbonyl (C=O) groups excluding carboxylic acids is 1. The second-order valence-corrected chi connectivity index (χ2v) is 8.14. The van der Waals surface area contributed by atoms with Crippen molar-refractivity contribution in [1.29, 1.82) is 0 Å². The third-order valence-corrected chi connectivity index (χ3v) is 5.84. The number of rotatable bonds is 8. The lowest BCUT2D eigenvalue weighted by Gasteiger charge is -2.37. The molecule has 30 heavy (non-hydrogen) atoms. The maximum atomic E-state index is 12.3. The molecule has 4 rings (SSSR count). The molecule has 0 radical (unpaired) electrons. The Hall–Kier alpha value is -2.79. The Kier molecular flexibility index (Phi) is 6.38. The first-order valence-electron chi connectivity index (χ1n) is 11.0. The molecule has 5 nitrogen and oxygen atoms in total. The quantitative estimate of drug-likeness (QED) is 0.542. The highest BCUT2D eigenvalue weighted by Crippen LogP contribution is 2.33. The SMILES string of the molecule is CCCCCNC(=O)c1ccc(CN2CCn3cccc3C2c2ccc(C)cc2)o1. The van der Waals surface area contributed by atoms with Crippen LogP contribution in [-0.2, 0) is 13.1 Å². The third kappa shape index (κ3) is 4.51. The van der Waals surface area contributed by atoms with Crippen LogP contribution in [0.4, 0.5) is 0 Å². The molecule has 0 bridgehead atoms. The Morgan fingerprint density at radius 2 is 1.93 bits per heavy atom. The summed E-state index contributed by atoms with van der Waals surface area (Å²) in [6, 6.07) is 17.0. The van der Waals surface area contributed by atoms with Gasteiger partial charge >= 0.3 is 0 Å². The van der Waals surface area contributed by atoms with Gasteiger partial charge in [0, 0.05) is 31.5 Å². The van der Waals surface area contributed by atoms with Crippen molar-refractivity contribution in [2.45, 2.75) is 52.2 Å². The van der Waals surface area contributed by atoms with Crippen LogP contribution in [0, 0.1) is 6.92 Å². The van der Waals surface area contributed by atoms with E-state index in [1.165, 1.54) is 16.8 Å². The van der Waals surface area contributed by atoms with Gasteiger partial charge in [-0.1, -0.05) is 49.6 Å². The molecule has 1 amide bonds. The van der Waals surface area contributed by atoms with Crippen molar-refractivity contribution >= 4 is 5.91 Å². The Bertz CT molecular complexity index is 970. The van der Waals surface area contributed by atoms with E-state index in [4.69, 9.17) is 4.42 Å². The molecule has 1 aromatic carbocycles. The molecule has 1 aliphatic heterocycles. The molecule has 0 fully saturated rings. The summed E-state index contributed by atoms with van der Waals surface area (Å²) >= 11 is 0. The summed E-state index contributed by atoms with van der Waals surface area (Å²) in [5.41, 5.74) is 3.84. The van der Waals surface area contributed by atoms with E-state index in [0.717, 1.165) is 38.1 Å². The summed E-state index contributed by atoms with van der Waals surface area (Å²) in [5.74, 6) is 1.10. The summed E-state index contributed by atoms with van der Waals surface area (Å²) < 4.78 is 8.25. The number of unbranched alkanes of at least 4 members (excludes halogenated alkanes) is 2. The van der Waals surface area contributed by atoms with Gasteiger partial charge in [-0.2, -0.15) is 0 Å². The molecule has 1 aliphatic rings. The maximum Gasteiger partial charge on any atom is 0.286 e. The number of carbonyl (C=O) groups is 1. The average Bonchev–Trinajstić information content (AvgIpc) is 3.41. The molecule has 1 N–H and O–H groups in total. The number of hydrogen-bond donors (Lipinski definition) is 1. The molecule has 5 heteroatoms. The standard InChI is InChI=1S/C25H31N3O2/c1-3-4-5-14-26-25(29)23-13-12-21(30-23)18-28-17-16-27-15-6-7-22(27)24(28)20-10-8-19(2)9-11-20/h6-13,15,24H,3-5,14,16-18H2,1-2H3,(H,26,29). The van der Waals surface area contributed by atoms with Gasteiger partial charge < -0.3 is 14.3 Å². The van der Waals surface area contributed by atoms with Crippen LogP contribution in [0.3, 0.4) is 0 Å². The zero-order valence-corrected chi connectivity index (χ0v) is 17.9. The Morgan fingerprint density at radius 1 is 1.10 bits per heavy atom. The number of nitrogens with one attached hydrogen (secondary N) is 1. The first kappa shape index (κ1) is 20.5. The van der Waals surface area contributed by atoms with Crippen LogP contribution in [-0.4, -0.2) is 28.5 Å². The fourth-order valence-corrected chi connectivity index (χ4v) is 4.18. The molecule has 3 aromatic rings. The molecule has 1 atom stereocenters. The minimum absolute atomic E-state index is 0.125. The van der Waals surface area contributed by atoms with E-state index >= 15 is 0 Å². The lowest BCUT2D eigenvalue weighted by atomic mass is 9.99. The lowest BCUT2D eigenvalue weighted by molar-refractivity contribution is 0.0918. The van der Waals surface area contributed by atoms with E-state index in [9.17, 15) is 4.79 Å². The van der Waals surface area contributed by atoms with Crippen molar-refractivity contribution < 1.29 is 9.21 Å². The van der Waals surface area contributed by atoms with Crippen molar-refractivity contribution in [1.82, 2.24) is 14.8 Å². The summed E-state index contributed by atoms with van der Waals surface area (Å²) in [5, 5.41) is 2.95. The van der Waals surface area contributed by atoms with Crippen LogP contribution < -0.4 is 5.32 Å². The number of aromatic nitrogens is 1. The van der Waals surface area contributed by atoms with Gasteiger partial charge in [-0.15, -0.1) is 0 Å². The molecule has 158 valence electrons. The smallest absolute Gasteiger partial charge is 0.286 e. The number of nitrogens with zero attached hydrogens (tertiary/aromatic N) is 2. The number of aryl methyl sites for hydroxylation is 1. The lowest BCUT2D eigenvalue weighted by Crippen LogP contribution is -2.37. The maximum absolute atomic E-state index is 12.3. The molecule has 3 heterocycles. The molecule has 2 aromatic heterocycles. The Labute approximate surface area is 178 Å². The summed E-state index contributed by atoms with van der Waals surface area (Å²) in [6.45, 7) is 7.52. The van der Waals surface area contributed by atoms with Crippen molar-refractivity contribution in [3.63, 3.8) is 0 Å². The second kappa shape index (κ2) is 9.35. The monoisotopic (exact) mass is 405 g/mol. The third-order valence-electron chi connectivity index (χ3n) is 5.84. The second-order valence-electron chi connectivity index (χ2n) is 8.14. The molecular weight excluding hydrogens is 374 g/mol. The fourth-order valence-electron chi connectivity index (χ4n) is 4.18. The summed E-state index contributed by atoms with van der Waals surface area (Å²) in [7, 11) is 0. The minimum atomic E-state index is -0.125. The highest BCUT2D eigenvalue weighted by molar-refractivity contribution is 5.91. The zero-order valence-electron chi connectivity index (χ0n) is 17.9. The summed E-state index contributed by atoms with van der Waals surface area (Å²) in [6.07, 6.45) is 5.42. The minimum Gasteiger partial charge on any atom is -0.455 e. The first-order chi connectivity index (χ1) is 14.7. The molecule has 0 spiro atoms. The van der Waals surface area contributed by atoms with Crippen LogP contribution in [0.25, 0.3) is 0 Å². The van der Waals surface area contributed by atoms with Crippen LogP contribution in [0.5, 0.6) is 0 Å². The molecule has 0 saturated carbocycles. The van der Waals surface area contributed by atoms with Crippen molar-refractivity contribution in [3.8, 4) is 0 Å². The first-order valence-corrected chi connectivity index (χ1v) is 11.0. The summed E-state index contributed by atoms with van der Waals surface area (Å²) in [4.78, 5) is 14.8. The van der Waals surface area contributed by atoms with Gasteiger partial charge in [-0.3, -0.25) is 9.69 Å². The number of benzene rings is 1. The number of fused-ring (bicyclic) bond motifs is 1. The predicted octanol–water partition coefficient (Wildman–Crippen LogP) is 4.91. The van der Waals surface area contributed by atoms with Gasteiger partial charge in [0.1, 0.15) is 5.76 Å². The van der Waals surface area contributed by atoms with Gasteiger partial charge in [0.2, 0.25) is 0 Å². The fraction of sp³-hybridized carbons (Fsp3) is 0.400. The largest absolute Gasteiger partial charge is 0.455 e. The predicted molar refractivity (Wildman–Crippen MR) is 118 cm³/mol. The average molecular weight is 406 g/mol. The van der Waals surface area contributed by atoms with Crippen molar-refractivity contribution in [3.05, 3.63) is 83.1 Å². The molecule has 0 aliphatic carbocycles. The zero-order chi connectivity index (χ0) is 20.9. The van der Waals surface area contributed by atoms with Crippen molar-refractivity contribution in [2.75, 3.05) is 13.1 Å². The van der Waals surface area contributed by atoms with E-state index in [1.807, 2.05) is 6.07 Å². The van der Waals surface area contributed by atoms with Crippen molar-refractivity contribution in [2.24, 2.45) is 0 Å². The molecular formula is C25H31N3O2. The number of furan rings is 1. The van der Waals surface area contributed by atoms with Gasteiger partial charge in [0.15, 0.2) is 5.76 Å². The van der Waals surface area contributed by atoms with E-state index in [1.54, 1.807) is 6.07 Å². The highest BCUT2D eigenvalue weighted by atomic mass is 16.4. The topological polar surface area (TPSA) is 50.4 Å². The van der Waals surface area contributed by atoms with Gasteiger partial charge in [0.25, 0.3) is 5.91 Å². The van der Waals surface area contributed by atoms with Gasteiger partial charge in [0.05, 0.1) is 12.6 Å². The van der Waals surface area contributed by atoms with E-state index < -0.39 is 0 Å². The van der Waals surface area contributed by atoms with Crippen LogP contribution in [0.1, 0.15) is 65.4 Å². The van der Waals surface area contributed by atoms with E-state index in [0.29, 0.717) is 18.8 Å². The molecule has 1 unspecified atom stereocenters. The highest BCUT2D eigenvalue weighted by Gasteiger charge is 2.29. The van der Waals surface area contributed by atoms with Crippen LogP contribution >= 0.6 is 0 Å². The van der Waals surface area contributed by atoms with Crippen LogP contribution in [0.2, 0.25) is 0 Å². The number of hydrogen-bond acceptors (Lipinski definition) is 3. The normalized spacial score (nSPS) is 16.4.